The number of carboxylic acid groups (broad SMARTS) is 1. The summed E-state index contributed by atoms with van der Waals surface area (Å²) in [5, 5.41) is 15.8. The molecule has 8 N–H and O–H groups in total. The number of aliphatic carboxylic acids is 1. The molecule has 16 heteroatoms. The van der Waals surface area contributed by atoms with Crippen molar-refractivity contribution in [2.75, 3.05) is 13.1 Å². The Labute approximate surface area is 288 Å². The number of hydrogen-bond acceptors (Lipinski definition) is 6. The van der Waals surface area contributed by atoms with E-state index in [0.29, 0.717) is 51.6 Å². The van der Waals surface area contributed by atoms with Crippen molar-refractivity contribution in [3.8, 4) is 0 Å². The van der Waals surface area contributed by atoms with Gasteiger partial charge >= 0.3 is 12.1 Å². The van der Waals surface area contributed by atoms with E-state index in [2.05, 4.69) is 20.9 Å². The van der Waals surface area contributed by atoms with E-state index in [1.807, 2.05) is 60.7 Å². The van der Waals surface area contributed by atoms with E-state index in [4.69, 9.17) is 21.4 Å². The molecular weight excluding hydrogens is 659 g/mol. The molecule has 2 aliphatic rings. The number of carbonyl (C=O) groups excluding carboxylic acids is 4. The van der Waals surface area contributed by atoms with Crippen LogP contribution < -0.4 is 27.4 Å². The smallest absolute Gasteiger partial charge is 0.475 e. The maximum Gasteiger partial charge on any atom is 0.490 e. The van der Waals surface area contributed by atoms with Crippen molar-refractivity contribution < 1.29 is 42.3 Å². The first-order chi connectivity index (χ1) is 23.8. The average Bonchev–Trinajstić information content (AvgIpc) is 3.51. The lowest BCUT2D eigenvalue weighted by Gasteiger charge is -2.38. The van der Waals surface area contributed by atoms with Crippen molar-refractivity contribution in [2.45, 2.75) is 88.1 Å². The zero-order chi connectivity index (χ0) is 36.7. The Kier molecular flexibility index (Phi) is 15.0. The van der Waals surface area contributed by atoms with E-state index < -0.39 is 30.3 Å². The second-order valence-corrected chi connectivity index (χ2v) is 12.0. The highest BCUT2D eigenvalue weighted by atomic mass is 19.4. The molecule has 2 aromatic carbocycles. The van der Waals surface area contributed by atoms with Crippen LogP contribution in [0.4, 0.5) is 13.2 Å². The van der Waals surface area contributed by atoms with Gasteiger partial charge in [0.05, 0.1) is 6.42 Å². The number of piperidine rings is 1. The number of amides is 4. The van der Waals surface area contributed by atoms with Crippen LogP contribution in [0.15, 0.2) is 65.7 Å². The fourth-order valence-electron chi connectivity index (χ4n) is 5.89. The summed E-state index contributed by atoms with van der Waals surface area (Å²) in [5.74, 6) is -3.91. The van der Waals surface area contributed by atoms with Gasteiger partial charge < -0.3 is 37.4 Å². The van der Waals surface area contributed by atoms with Gasteiger partial charge in [-0.2, -0.15) is 13.2 Å². The molecule has 0 radical (unpaired) electrons. The second kappa shape index (κ2) is 19.1. The molecule has 0 bridgehead atoms. The normalized spacial score (nSPS) is 18.8. The van der Waals surface area contributed by atoms with Gasteiger partial charge in [-0.25, -0.2) is 4.79 Å². The first-order valence-corrected chi connectivity index (χ1v) is 16.4. The molecule has 50 heavy (non-hydrogen) atoms. The SMILES string of the molecule is NC(N)=NCCCC(NC(=O)[C@@H]1CCC2CCC(NC(=O)Cc3ccccc3)C(=O)N21)C(=O)NCCCc1ccccc1.O=C(O)C(F)(F)F. The zero-order valence-corrected chi connectivity index (χ0v) is 27.5. The summed E-state index contributed by atoms with van der Waals surface area (Å²) >= 11 is 0. The van der Waals surface area contributed by atoms with E-state index in [1.54, 1.807) is 4.90 Å². The number of guanidine groups is 1. The minimum atomic E-state index is -5.08. The van der Waals surface area contributed by atoms with Gasteiger partial charge in [-0.1, -0.05) is 60.7 Å². The highest BCUT2D eigenvalue weighted by molar-refractivity contribution is 5.95. The summed E-state index contributed by atoms with van der Waals surface area (Å²) in [6.45, 7) is 0.797. The Morgan fingerprint density at radius 2 is 1.52 bits per heavy atom. The minimum Gasteiger partial charge on any atom is -0.475 e. The van der Waals surface area contributed by atoms with Gasteiger partial charge in [0.2, 0.25) is 23.6 Å². The third kappa shape index (κ3) is 12.7. The topological polar surface area (TPSA) is 209 Å². The van der Waals surface area contributed by atoms with Gasteiger partial charge in [0.1, 0.15) is 18.1 Å². The van der Waals surface area contributed by atoms with Crippen LogP contribution in [0.2, 0.25) is 0 Å². The molecule has 4 atom stereocenters. The van der Waals surface area contributed by atoms with Crippen molar-refractivity contribution in [3.05, 3.63) is 71.8 Å². The third-order valence-corrected chi connectivity index (χ3v) is 8.29. The molecule has 0 spiro atoms. The lowest BCUT2D eigenvalue weighted by Crippen LogP contribution is -2.60. The first-order valence-electron chi connectivity index (χ1n) is 16.4. The molecule has 4 amide bonds. The quantitative estimate of drug-likeness (QED) is 0.0969. The Morgan fingerprint density at radius 3 is 2.12 bits per heavy atom. The molecule has 0 aliphatic carbocycles. The number of carbonyl (C=O) groups is 5. The number of halogens is 3. The molecule has 2 saturated heterocycles. The number of fused-ring (bicyclic) bond motifs is 1. The number of rotatable bonds is 14. The second-order valence-electron chi connectivity index (χ2n) is 12.0. The molecule has 2 aliphatic heterocycles. The highest BCUT2D eigenvalue weighted by Gasteiger charge is 2.46. The fraction of sp³-hybridized carbons (Fsp3) is 0.471. The predicted molar refractivity (Wildman–Crippen MR) is 178 cm³/mol. The largest absolute Gasteiger partial charge is 0.490 e. The van der Waals surface area contributed by atoms with Gasteiger partial charge in [0, 0.05) is 19.1 Å². The highest BCUT2D eigenvalue weighted by Crippen LogP contribution is 2.33. The van der Waals surface area contributed by atoms with Crippen LogP contribution in [0, 0.1) is 0 Å². The van der Waals surface area contributed by atoms with E-state index in [9.17, 15) is 32.3 Å². The fourth-order valence-corrected chi connectivity index (χ4v) is 5.89. The maximum absolute atomic E-state index is 13.5. The lowest BCUT2D eigenvalue weighted by molar-refractivity contribution is -0.192. The molecule has 0 saturated carbocycles. The molecule has 3 unspecified atom stereocenters. The summed E-state index contributed by atoms with van der Waals surface area (Å²) in [5.41, 5.74) is 12.9. The number of aliphatic imine (C=N–C) groups is 1. The van der Waals surface area contributed by atoms with Crippen molar-refractivity contribution in [1.29, 1.82) is 0 Å². The van der Waals surface area contributed by atoms with E-state index in [1.165, 1.54) is 5.56 Å². The van der Waals surface area contributed by atoms with Gasteiger partial charge in [0.25, 0.3) is 0 Å². The Hall–Kier alpha value is -5.15. The molecule has 2 heterocycles. The molecule has 13 nitrogen and oxygen atoms in total. The average molecular weight is 704 g/mol. The molecule has 272 valence electrons. The number of hydrogen-bond donors (Lipinski definition) is 6. The monoisotopic (exact) mass is 703 g/mol. The zero-order valence-electron chi connectivity index (χ0n) is 27.5. The van der Waals surface area contributed by atoms with Gasteiger partial charge in [-0.3, -0.25) is 24.2 Å². The van der Waals surface area contributed by atoms with Crippen LogP contribution in [-0.4, -0.2) is 89.0 Å². The van der Waals surface area contributed by atoms with Crippen LogP contribution >= 0.6 is 0 Å². The van der Waals surface area contributed by atoms with Crippen molar-refractivity contribution >= 4 is 35.6 Å². The number of nitrogens with one attached hydrogen (secondary N) is 3. The number of carboxylic acids is 1. The number of nitrogens with zero attached hydrogens (tertiary/aromatic N) is 2. The van der Waals surface area contributed by atoms with Gasteiger partial charge in [-0.05, 0) is 62.5 Å². The minimum absolute atomic E-state index is 0.0306. The number of alkyl halides is 3. The third-order valence-electron chi connectivity index (χ3n) is 8.29. The predicted octanol–water partition coefficient (Wildman–Crippen LogP) is 1.79. The van der Waals surface area contributed by atoms with Crippen LogP contribution in [0.3, 0.4) is 0 Å². The number of aryl methyl sites for hydroxylation is 1. The van der Waals surface area contributed by atoms with Crippen LogP contribution in [0.1, 0.15) is 56.1 Å². The van der Waals surface area contributed by atoms with Crippen molar-refractivity contribution in [2.24, 2.45) is 16.5 Å². The Bertz CT molecular complexity index is 1470. The number of nitrogens with two attached hydrogens (primary N) is 2. The van der Waals surface area contributed by atoms with Crippen LogP contribution in [-0.2, 0) is 36.8 Å². The van der Waals surface area contributed by atoms with E-state index in [-0.39, 0.29) is 42.1 Å². The standard InChI is InChI=1S/C32H43N7O4.C2HF3O2/c33-32(34)36-20-8-14-25(29(41)35-19-7-13-22-9-3-1-4-10-22)38-30(42)27-18-16-24-15-17-26(31(43)39(24)27)37-28(40)21-23-11-5-2-6-12-23;3-2(4,5)1(6)7/h1-6,9-12,24-27H,7-8,13-21H2,(H,35,41)(H,37,40)(H,38,42)(H4,33,34,36);(H,6,7)/t24?,25?,26?,27-;/m0./s1. The van der Waals surface area contributed by atoms with E-state index >= 15 is 0 Å². The maximum atomic E-state index is 13.5. The summed E-state index contributed by atoms with van der Waals surface area (Å²) in [4.78, 5) is 67.4. The summed E-state index contributed by atoms with van der Waals surface area (Å²) in [7, 11) is 0. The molecular formula is C34H44F3N7O6. The van der Waals surface area contributed by atoms with E-state index in [0.717, 1.165) is 18.4 Å². The van der Waals surface area contributed by atoms with Gasteiger partial charge in [-0.15, -0.1) is 0 Å². The number of benzene rings is 2. The summed E-state index contributed by atoms with van der Waals surface area (Å²) in [6, 6.07) is 17.2. The molecule has 2 fully saturated rings. The molecule has 4 rings (SSSR count). The van der Waals surface area contributed by atoms with Crippen LogP contribution in [0.25, 0.3) is 0 Å². The first kappa shape index (κ1) is 39.3. The van der Waals surface area contributed by atoms with Crippen molar-refractivity contribution in [3.63, 3.8) is 0 Å². The summed E-state index contributed by atoms with van der Waals surface area (Å²) < 4.78 is 31.7. The lowest BCUT2D eigenvalue weighted by atomic mass is 9.97. The Balaban J connectivity index is 0.000000872. The van der Waals surface area contributed by atoms with Crippen LogP contribution in [0.5, 0.6) is 0 Å². The summed E-state index contributed by atoms with van der Waals surface area (Å²) in [6.07, 6.45) is -0.0351. The molecule has 0 aromatic heterocycles. The van der Waals surface area contributed by atoms with Gasteiger partial charge in [0.15, 0.2) is 5.96 Å². The Morgan fingerprint density at radius 1 is 0.920 bits per heavy atom. The molecule has 2 aromatic rings. The van der Waals surface area contributed by atoms with Crippen molar-refractivity contribution in [1.82, 2.24) is 20.9 Å².